The Morgan fingerprint density at radius 1 is 1.25 bits per heavy atom. The van der Waals surface area contributed by atoms with Crippen molar-refractivity contribution in [1.82, 2.24) is 0 Å². The molecule has 0 amide bonds. The minimum atomic E-state index is -5.07. The molecule has 0 bridgehead atoms. The van der Waals surface area contributed by atoms with Crippen LogP contribution in [0.1, 0.15) is 0 Å². The van der Waals surface area contributed by atoms with Crippen LogP contribution < -0.4 is 0 Å². The van der Waals surface area contributed by atoms with E-state index >= 15 is 0 Å². The third-order valence-corrected chi connectivity index (χ3v) is 0.534. The third kappa shape index (κ3) is 5.70. The molecule has 0 unspecified atom stereocenters. The number of hydrogen-bond acceptors (Lipinski definition) is 3. The molecule has 0 heterocycles. The molecule has 0 aliphatic heterocycles. The van der Waals surface area contributed by atoms with E-state index in [-0.39, 0.29) is 0 Å². The van der Waals surface area contributed by atoms with Crippen LogP contribution in [0.5, 0.6) is 0 Å². The summed E-state index contributed by atoms with van der Waals surface area (Å²) < 4.78 is 52.7. The van der Waals surface area contributed by atoms with Crippen LogP contribution in [-0.2, 0) is 15.2 Å². The fourth-order valence-corrected chi connectivity index (χ4v) is 0.254. The van der Waals surface area contributed by atoms with Gasteiger partial charge in [-0.1, -0.05) is 0 Å². The first-order chi connectivity index (χ1) is 3.42. The highest BCUT2D eigenvalue weighted by Crippen LogP contribution is 2.15. The molecule has 0 radical (unpaired) electrons. The Hall–Kier alpha value is -0.300. The van der Waals surface area contributed by atoms with Crippen molar-refractivity contribution in [1.29, 1.82) is 0 Å². The zero-order chi connectivity index (χ0) is 6.78. The van der Waals surface area contributed by atoms with Gasteiger partial charge < -0.3 is 0 Å². The van der Waals surface area contributed by atoms with Crippen LogP contribution in [0.3, 0.4) is 0 Å². The van der Waals surface area contributed by atoms with Gasteiger partial charge in [-0.15, -0.1) is 13.2 Å². The second-order valence-electron chi connectivity index (χ2n) is 0.761. The van der Waals surface area contributed by atoms with Crippen molar-refractivity contribution in [3.63, 3.8) is 0 Å². The molecule has 8 heavy (non-hydrogen) atoms. The zero-order valence-electron chi connectivity index (χ0n) is 3.31. The summed E-state index contributed by atoms with van der Waals surface area (Å²) in [5, 5.41) is 0. The van der Waals surface area contributed by atoms with Crippen molar-refractivity contribution in [2.75, 3.05) is 0 Å². The van der Waals surface area contributed by atoms with E-state index in [2.05, 4.69) is 4.18 Å². The molecule has 0 rings (SSSR count). The topological polar surface area (TPSA) is 43.4 Å². The van der Waals surface area contributed by atoms with Crippen molar-refractivity contribution >= 4 is 11.0 Å². The Morgan fingerprint density at radius 2 is 1.62 bits per heavy atom. The molecule has 0 saturated heterocycles. The lowest BCUT2D eigenvalue weighted by molar-refractivity contribution is -0.270. The molecule has 0 N–H and O–H groups in total. The van der Waals surface area contributed by atoms with Gasteiger partial charge >= 0.3 is 6.36 Å². The van der Waals surface area contributed by atoms with E-state index in [0.717, 1.165) is 0 Å². The zero-order valence-corrected chi connectivity index (χ0v) is 4.20. The second kappa shape index (κ2) is 2.31. The summed E-state index contributed by atoms with van der Waals surface area (Å²) in [6.07, 6.45) is -5.07. The highest BCUT2D eigenvalue weighted by Gasteiger charge is 2.30. The fraction of sp³-hybridized carbons (Fsp3) is 1.00. The summed E-state index contributed by atoms with van der Waals surface area (Å²) in [5.41, 5.74) is 0. The molecule has 0 aromatic rings. The van der Waals surface area contributed by atoms with Gasteiger partial charge in [0, 0.05) is 0 Å². The molecule has 50 valence electrons. The predicted molar refractivity (Wildman–Crippen MR) is 17.5 cm³/mol. The monoisotopic (exact) mass is 150 g/mol. The Kier molecular flexibility index (Phi) is 2.23. The first kappa shape index (κ1) is 7.70. The number of alkyl halides is 3. The lowest BCUT2D eigenvalue weighted by Gasteiger charge is -1.96. The Labute approximate surface area is 44.2 Å². The van der Waals surface area contributed by atoms with Crippen molar-refractivity contribution in [3.05, 3.63) is 0 Å². The van der Waals surface area contributed by atoms with Gasteiger partial charge in [-0.25, -0.2) is 8.42 Å². The van der Waals surface area contributed by atoms with E-state index in [1.54, 1.807) is 0 Å². The van der Waals surface area contributed by atoms with E-state index < -0.39 is 17.3 Å². The number of halogens is 3. The minimum Gasteiger partial charge on any atom is -0.202 e. The predicted octanol–water partition coefficient (Wildman–Crippen LogP) is 0.0492. The molecule has 7 heteroatoms. The van der Waals surface area contributed by atoms with Gasteiger partial charge in [0.05, 0.1) is 0 Å². The second-order valence-corrected chi connectivity index (χ2v) is 1.39. The molecule has 0 saturated carbocycles. The SMILES string of the molecule is O=[SH](=O)OC(F)(F)F. The molecule has 0 fully saturated rings. The van der Waals surface area contributed by atoms with E-state index in [1.807, 2.05) is 0 Å². The number of thiol groups is 1. The van der Waals surface area contributed by atoms with Gasteiger partial charge in [0.15, 0.2) is 0 Å². The van der Waals surface area contributed by atoms with E-state index in [0.29, 0.717) is 0 Å². The van der Waals surface area contributed by atoms with Crippen LogP contribution >= 0.6 is 0 Å². The molecule has 0 aromatic heterocycles. The average molecular weight is 150 g/mol. The van der Waals surface area contributed by atoms with E-state index in [9.17, 15) is 13.2 Å². The maximum atomic E-state index is 10.7. The molecular formula is CHF3O3S. The third-order valence-electron chi connectivity index (χ3n) is 0.178. The van der Waals surface area contributed by atoms with Crippen LogP contribution in [0.25, 0.3) is 0 Å². The Bertz CT molecular complexity index is 126. The molecule has 0 spiro atoms. The van der Waals surface area contributed by atoms with Crippen LogP contribution in [0.4, 0.5) is 13.2 Å². The Balaban J connectivity index is 3.73. The highest BCUT2D eigenvalue weighted by molar-refractivity contribution is 7.67. The largest absolute Gasteiger partial charge is 0.537 e. The number of rotatable bonds is 1. The smallest absolute Gasteiger partial charge is 0.202 e. The van der Waals surface area contributed by atoms with E-state index in [4.69, 9.17) is 8.42 Å². The van der Waals surface area contributed by atoms with Crippen LogP contribution in [0.15, 0.2) is 0 Å². The fourth-order valence-electron chi connectivity index (χ4n) is 0.0845. The summed E-state index contributed by atoms with van der Waals surface area (Å²) in [7, 11) is -3.81. The van der Waals surface area contributed by atoms with Crippen LogP contribution in [0, 0.1) is 0 Å². The van der Waals surface area contributed by atoms with E-state index in [1.165, 1.54) is 0 Å². The standard InChI is InChI=1S/CHF3O3S/c2-1(3,4)7-8(5)6/h8H. The van der Waals surface area contributed by atoms with Crippen molar-refractivity contribution in [2.24, 2.45) is 0 Å². The first-order valence-electron chi connectivity index (χ1n) is 1.32. The quantitative estimate of drug-likeness (QED) is 0.537. The van der Waals surface area contributed by atoms with Crippen LogP contribution in [-0.4, -0.2) is 14.8 Å². The van der Waals surface area contributed by atoms with Crippen LogP contribution in [0.2, 0.25) is 0 Å². The summed E-state index contributed by atoms with van der Waals surface area (Å²) >= 11 is 0. The summed E-state index contributed by atoms with van der Waals surface area (Å²) in [6, 6.07) is 0. The molecule has 0 aliphatic carbocycles. The van der Waals surface area contributed by atoms with Crippen molar-refractivity contribution < 1.29 is 25.8 Å². The normalized spacial score (nSPS) is 12.5. The first-order valence-corrected chi connectivity index (χ1v) is 2.41. The summed E-state index contributed by atoms with van der Waals surface area (Å²) in [4.78, 5) is 0. The molecular weight excluding hydrogens is 149 g/mol. The Morgan fingerprint density at radius 3 is 1.62 bits per heavy atom. The molecule has 0 aliphatic rings. The molecule has 0 aromatic carbocycles. The lowest BCUT2D eigenvalue weighted by Crippen LogP contribution is -2.11. The summed E-state index contributed by atoms with van der Waals surface area (Å²) in [6.45, 7) is 0. The van der Waals surface area contributed by atoms with Gasteiger partial charge in [0.1, 0.15) is 0 Å². The van der Waals surface area contributed by atoms with Gasteiger partial charge in [-0.05, 0) is 0 Å². The highest BCUT2D eigenvalue weighted by atomic mass is 32.2. The lowest BCUT2D eigenvalue weighted by atomic mass is 11.4. The van der Waals surface area contributed by atoms with Gasteiger partial charge in [0.2, 0.25) is 0 Å². The molecule has 3 nitrogen and oxygen atoms in total. The van der Waals surface area contributed by atoms with Gasteiger partial charge in [-0.3, -0.25) is 0 Å². The van der Waals surface area contributed by atoms with Crippen molar-refractivity contribution in [3.8, 4) is 0 Å². The summed E-state index contributed by atoms with van der Waals surface area (Å²) in [5.74, 6) is 0. The maximum Gasteiger partial charge on any atom is 0.537 e. The van der Waals surface area contributed by atoms with Gasteiger partial charge in [0.25, 0.3) is 11.0 Å². The van der Waals surface area contributed by atoms with Crippen molar-refractivity contribution in [2.45, 2.75) is 6.36 Å². The van der Waals surface area contributed by atoms with Gasteiger partial charge in [-0.2, -0.15) is 4.18 Å². The molecule has 0 atom stereocenters. The minimum absolute atomic E-state index is 2.39. The maximum absolute atomic E-state index is 10.7. The number of hydrogen-bond donors (Lipinski definition) is 1. The average Bonchev–Trinajstić information content (AvgIpc) is 1.21.